The topological polar surface area (TPSA) is 77.2 Å². The van der Waals surface area contributed by atoms with E-state index in [9.17, 15) is 4.79 Å². The van der Waals surface area contributed by atoms with Crippen molar-refractivity contribution in [1.82, 2.24) is 10.1 Å². The highest BCUT2D eigenvalue weighted by Crippen LogP contribution is 2.27. The Kier molecular flexibility index (Phi) is 6.09. The molecule has 1 heterocycles. The maximum absolute atomic E-state index is 12.3. The van der Waals surface area contributed by atoms with Crippen molar-refractivity contribution in [3.63, 3.8) is 0 Å². The third-order valence-corrected chi connectivity index (χ3v) is 4.55. The van der Waals surface area contributed by atoms with Gasteiger partial charge in [0.2, 0.25) is 17.6 Å². The van der Waals surface area contributed by atoms with Crippen LogP contribution < -0.4 is 10.1 Å². The predicted octanol–water partition coefficient (Wildman–Crippen LogP) is 4.63. The second kappa shape index (κ2) is 8.69. The number of rotatable bonds is 7. The number of nitrogens with zero attached hydrogens (tertiary/aromatic N) is 2. The van der Waals surface area contributed by atoms with Crippen LogP contribution in [0.2, 0.25) is 0 Å². The van der Waals surface area contributed by atoms with E-state index in [0.717, 1.165) is 22.4 Å². The second-order valence-corrected chi connectivity index (χ2v) is 6.89. The summed E-state index contributed by atoms with van der Waals surface area (Å²) in [5, 5.41) is 7.04. The van der Waals surface area contributed by atoms with Gasteiger partial charge in [-0.1, -0.05) is 35.0 Å². The van der Waals surface area contributed by atoms with Crippen molar-refractivity contribution < 1.29 is 14.1 Å². The van der Waals surface area contributed by atoms with Crippen LogP contribution in [0.1, 0.15) is 35.4 Å². The van der Waals surface area contributed by atoms with Gasteiger partial charge in [-0.05, 0) is 50.5 Å². The first-order chi connectivity index (χ1) is 13.5. The van der Waals surface area contributed by atoms with Crippen LogP contribution >= 0.6 is 0 Å². The fourth-order valence-corrected chi connectivity index (χ4v) is 3.27. The normalized spacial score (nSPS) is 10.7. The SMILES string of the molecule is COc1ccccc1-c1noc(CCCC(=O)Nc2c(C)cc(C)cc2C)n1. The number of aryl methyl sites for hydroxylation is 4. The van der Waals surface area contributed by atoms with E-state index in [1.807, 2.05) is 38.1 Å². The number of hydrogen-bond acceptors (Lipinski definition) is 5. The van der Waals surface area contributed by atoms with Crippen molar-refractivity contribution in [3.05, 3.63) is 59.0 Å². The molecule has 0 unspecified atom stereocenters. The van der Waals surface area contributed by atoms with Gasteiger partial charge in [0.25, 0.3) is 0 Å². The number of benzene rings is 2. The molecule has 3 rings (SSSR count). The lowest BCUT2D eigenvalue weighted by atomic mass is 10.0. The summed E-state index contributed by atoms with van der Waals surface area (Å²) < 4.78 is 10.7. The summed E-state index contributed by atoms with van der Waals surface area (Å²) in [4.78, 5) is 16.7. The zero-order valence-corrected chi connectivity index (χ0v) is 16.7. The Balaban J connectivity index is 1.56. The molecule has 0 bridgehead atoms. The number of carbonyl (C=O) groups is 1. The molecular weight excluding hydrogens is 354 g/mol. The Morgan fingerprint density at radius 2 is 1.86 bits per heavy atom. The summed E-state index contributed by atoms with van der Waals surface area (Å²) in [6.07, 6.45) is 1.56. The highest BCUT2D eigenvalue weighted by molar-refractivity contribution is 5.92. The highest BCUT2D eigenvalue weighted by atomic mass is 16.5. The van der Waals surface area contributed by atoms with Gasteiger partial charge in [0.05, 0.1) is 12.7 Å². The van der Waals surface area contributed by atoms with Gasteiger partial charge in [-0.2, -0.15) is 4.98 Å². The molecule has 0 fully saturated rings. The quantitative estimate of drug-likeness (QED) is 0.647. The zero-order valence-electron chi connectivity index (χ0n) is 16.7. The number of amides is 1. The van der Waals surface area contributed by atoms with E-state index < -0.39 is 0 Å². The van der Waals surface area contributed by atoms with Gasteiger partial charge in [-0.15, -0.1) is 0 Å². The first-order valence-electron chi connectivity index (χ1n) is 9.31. The number of methoxy groups -OCH3 is 1. The molecule has 0 aliphatic heterocycles. The van der Waals surface area contributed by atoms with Crippen LogP contribution in [0.5, 0.6) is 5.75 Å². The van der Waals surface area contributed by atoms with Crippen molar-refractivity contribution >= 4 is 11.6 Å². The standard InChI is InChI=1S/C22H25N3O3/c1-14-12-15(2)21(16(3)13-14)23-19(26)10-7-11-20-24-22(25-28-20)17-8-5-6-9-18(17)27-4/h5-6,8-9,12-13H,7,10-11H2,1-4H3,(H,23,26). The number of ether oxygens (including phenoxy) is 1. The lowest BCUT2D eigenvalue weighted by Crippen LogP contribution is -2.13. The number of hydrogen-bond donors (Lipinski definition) is 1. The van der Waals surface area contributed by atoms with Crippen molar-refractivity contribution in [2.45, 2.75) is 40.0 Å². The maximum Gasteiger partial charge on any atom is 0.226 e. The van der Waals surface area contributed by atoms with Crippen molar-refractivity contribution in [2.75, 3.05) is 12.4 Å². The Bertz CT molecular complexity index is 956. The van der Waals surface area contributed by atoms with E-state index in [-0.39, 0.29) is 5.91 Å². The number of nitrogens with one attached hydrogen (secondary N) is 1. The average molecular weight is 379 g/mol. The molecule has 6 heteroatoms. The van der Waals surface area contributed by atoms with Gasteiger partial charge in [-0.25, -0.2) is 0 Å². The number of para-hydroxylation sites is 1. The molecule has 0 spiro atoms. The number of aromatic nitrogens is 2. The van der Waals surface area contributed by atoms with Gasteiger partial charge < -0.3 is 14.6 Å². The summed E-state index contributed by atoms with van der Waals surface area (Å²) in [7, 11) is 1.61. The van der Waals surface area contributed by atoms with Crippen LogP contribution in [0.3, 0.4) is 0 Å². The van der Waals surface area contributed by atoms with Crippen molar-refractivity contribution in [3.8, 4) is 17.1 Å². The van der Waals surface area contributed by atoms with E-state index in [1.54, 1.807) is 7.11 Å². The van der Waals surface area contributed by atoms with Crippen LogP contribution in [0.4, 0.5) is 5.69 Å². The summed E-state index contributed by atoms with van der Waals surface area (Å²) in [6.45, 7) is 6.07. The van der Waals surface area contributed by atoms with Crippen LogP contribution in [0.15, 0.2) is 40.9 Å². The zero-order chi connectivity index (χ0) is 20.1. The highest BCUT2D eigenvalue weighted by Gasteiger charge is 2.14. The van der Waals surface area contributed by atoms with E-state index in [2.05, 4.69) is 34.5 Å². The molecule has 1 N–H and O–H groups in total. The molecule has 0 saturated carbocycles. The third kappa shape index (κ3) is 4.57. The van der Waals surface area contributed by atoms with Crippen LogP contribution in [-0.2, 0) is 11.2 Å². The molecule has 0 aliphatic rings. The van der Waals surface area contributed by atoms with Gasteiger partial charge in [-0.3, -0.25) is 4.79 Å². The van der Waals surface area contributed by atoms with Crippen molar-refractivity contribution in [2.24, 2.45) is 0 Å². The lowest BCUT2D eigenvalue weighted by molar-refractivity contribution is -0.116. The number of carbonyl (C=O) groups excluding carboxylic acids is 1. The molecule has 146 valence electrons. The predicted molar refractivity (Wildman–Crippen MR) is 109 cm³/mol. The minimum atomic E-state index is -0.0143. The fourth-order valence-electron chi connectivity index (χ4n) is 3.27. The van der Waals surface area contributed by atoms with E-state index >= 15 is 0 Å². The van der Waals surface area contributed by atoms with Crippen LogP contribution in [-0.4, -0.2) is 23.2 Å². The molecule has 3 aromatic rings. The molecule has 6 nitrogen and oxygen atoms in total. The van der Waals surface area contributed by atoms with E-state index in [1.165, 1.54) is 5.56 Å². The third-order valence-electron chi connectivity index (χ3n) is 4.55. The molecule has 0 saturated heterocycles. The monoisotopic (exact) mass is 379 g/mol. The molecule has 2 aromatic carbocycles. The Morgan fingerprint density at radius 3 is 2.57 bits per heavy atom. The summed E-state index contributed by atoms with van der Waals surface area (Å²) in [6, 6.07) is 11.7. The Hall–Kier alpha value is -3.15. The van der Waals surface area contributed by atoms with Gasteiger partial charge >= 0.3 is 0 Å². The largest absolute Gasteiger partial charge is 0.496 e. The average Bonchev–Trinajstić information content (AvgIpc) is 3.13. The lowest BCUT2D eigenvalue weighted by Gasteiger charge is -2.12. The molecule has 0 radical (unpaired) electrons. The first kappa shape index (κ1) is 19.6. The number of anilines is 1. The van der Waals surface area contributed by atoms with E-state index in [0.29, 0.717) is 36.7 Å². The van der Waals surface area contributed by atoms with E-state index in [4.69, 9.17) is 9.26 Å². The molecule has 0 aliphatic carbocycles. The van der Waals surface area contributed by atoms with Crippen LogP contribution in [0.25, 0.3) is 11.4 Å². The first-order valence-corrected chi connectivity index (χ1v) is 9.31. The molecule has 28 heavy (non-hydrogen) atoms. The smallest absolute Gasteiger partial charge is 0.226 e. The van der Waals surface area contributed by atoms with Gasteiger partial charge in [0.15, 0.2) is 0 Å². The summed E-state index contributed by atoms with van der Waals surface area (Å²) in [5.74, 6) is 1.68. The van der Waals surface area contributed by atoms with Gasteiger partial charge in [0, 0.05) is 18.5 Å². The van der Waals surface area contributed by atoms with Crippen molar-refractivity contribution in [1.29, 1.82) is 0 Å². The minimum Gasteiger partial charge on any atom is -0.496 e. The molecular formula is C22H25N3O3. The molecule has 1 amide bonds. The summed E-state index contributed by atoms with van der Waals surface area (Å²) in [5.41, 5.74) is 5.01. The second-order valence-electron chi connectivity index (χ2n) is 6.89. The van der Waals surface area contributed by atoms with Crippen LogP contribution in [0, 0.1) is 20.8 Å². The molecule has 0 atom stereocenters. The Labute approximate surface area is 164 Å². The van der Waals surface area contributed by atoms with Gasteiger partial charge in [0.1, 0.15) is 5.75 Å². The summed E-state index contributed by atoms with van der Waals surface area (Å²) >= 11 is 0. The maximum atomic E-state index is 12.3. The Morgan fingerprint density at radius 1 is 1.14 bits per heavy atom. The molecule has 1 aromatic heterocycles. The fraction of sp³-hybridized carbons (Fsp3) is 0.318. The minimum absolute atomic E-state index is 0.0143.